The normalized spacial score (nSPS) is 24.3. The Kier molecular flexibility index (Phi) is 4.47. The Bertz CT molecular complexity index is 616. The van der Waals surface area contributed by atoms with Gasteiger partial charge < -0.3 is 5.32 Å². The molecular formula is C16H26N2O2S. The fourth-order valence-corrected chi connectivity index (χ4v) is 5.36. The molecule has 1 aromatic rings. The van der Waals surface area contributed by atoms with Gasteiger partial charge in [-0.15, -0.1) is 0 Å². The van der Waals surface area contributed by atoms with Gasteiger partial charge in [0, 0.05) is 25.2 Å². The molecule has 0 bridgehead atoms. The molecule has 2 unspecified atom stereocenters. The van der Waals surface area contributed by atoms with E-state index < -0.39 is 10.0 Å². The predicted molar refractivity (Wildman–Crippen MR) is 86.2 cm³/mol. The molecule has 0 aromatic heterocycles. The van der Waals surface area contributed by atoms with Gasteiger partial charge in [-0.05, 0) is 63.8 Å². The largest absolute Gasteiger partial charge is 0.309 e. The van der Waals surface area contributed by atoms with E-state index in [4.69, 9.17) is 0 Å². The molecule has 1 aliphatic rings. The molecule has 0 aliphatic carbocycles. The van der Waals surface area contributed by atoms with Gasteiger partial charge in [-0.1, -0.05) is 6.07 Å². The number of hydrogen-bond donors (Lipinski definition) is 1. The maximum atomic E-state index is 13.1. The molecule has 1 aromatic carbocycles. The number of rotatable bonds is 2. The van der Waals surface area contributed by atoms with E-state index in [0.29, 0.717) is 18.0 Å². The van der Waals surface area contributed by atoms with Crippen LogP contribution in [0.5, 0.6) is 0 Å². The minimum Gasteiger partial charge on any atom is -0.309 e. The topological polar surface area (TPSA) is 49.4 Å². The van der Waals surface area contributed by atoms with E-state index >= 15 is 0 Å². The van der Waals surface area contributed by atoms with Gasteiger partial charge in [-0.3, -0.25) is 0 Å². The number of hydrogen-bond acceptors (Lipinski definition) is 3. The second kappa shape index (κ2) is 5.71. The van der Waals surface area contributed by atoms with Gasteiger partial charge in [0.2, 0.25) is 10.0 Å². The highest BCUT2D eigenvalue weighted by molar-refractivity contribution is 7.89. The number of benzene rings is 1. The zero-order valence-electron chi connectivity index (χ0n) is 13.8. The Labute approximate surface area is 128 Å². The average Bonchev–Trinajstić information content (AvgIpc) is 2.35. The van der Waals surface area contributed by atoms with Gasteiger partial charge in [0.1, 0.15) is 0 Å². The van der Waals surface area contributed by atoms with E-state index in [-0.39, 0.29) is 12.1 Å². The minimum absolute atomic E-state index is 0.176. The summed E-state index contributed by atoms with van der Waals surface area (Å²) in [7, 11) is -3.44. The third-order valence-corrected chi connectivity index (χ3v) is 6.53. The van der Waals surface area contributed by atoms with Crippen molar-refractivity contribution in [3.8, 4) is 0 Å². The van der Waals surface area contributed by atoms with Crippen molar-refractivity contribution < 1.29 is 8.42 Å². The van der Waals surface area contributed by atoms with Crippen molar-refractivity contribution in [1.29, 1.82) is 0 Å². The summed E-state index contributed by atoms with van der Waals surface area (Å²) in [5, 5.41) is 3.38. The second-order valence-electron chi connectivity index (χ2n) is 6.38. The second-order valence-corrected chi connectivity index (χ2v) is 8.26. The molecule has 0 radical (unpaired) electrons. The standard InChI is InChI=1S/C16H26N2O2S/c1-10-7-11(2)15(6)16(14(10)5)21(19,20)18-8-12(3)17-13(4)9-18/h7,12-13,17H,8-9H2,1-6H3. The molecule has 1 heterocycles. The fraction of sp³-hybridized carbons (Fsp3) is 0.625. The predicted octanol–water partition coefficient (Wildman–Crippen LogP) is 2.29. The summed E-state index contributed by atoms with van der Waals surface area (Å²) in [6.07, 6.45) is 0. The zero-order chi connectivity index (χ0) is 15.9. The van der Waals surface area contributed by atoms with E-state index in [1.54, 1.807) is 4.31 Å². The van der Waals surface area contributed by atoms with E-state index in [2.05, 4.69) is 11.4 Å². The lowest BCUT2D eigenvalue weighted by Gasteiger charge is -2.36. The van der Waals surface area contributed by atoms with Crippen molar-refractivity contribution in [2.24, 2.45) is 0 Å². The van der Waals surface area contributed by atoms with Crippen LogP contribution in [-0.2, 0) is 10.0 Å². The van der Waals surface area contributed by atoms with Crippen LogP contribution in [0, 0.1) is 27.7 Å². The molecule has 4 nitrogen and oxygen atoms in total. The molecule has 1 aliphatic heterocycles. The quantitative estimate of drug-likeness (QED) is 0.912. The van der Waals surface area contributed by atoms with Crippen molar-refractivity contribution in [1.82, 2.24) is 9.62 Å². The van der Waals surface area contributed by atoms with Crippen LogP contribution in [0.4, 0.5) is 0 Å². The minimum atomic E-state index is -3.44. The molecular weight excluding hydrogens is 284 g/mol. The van der Waals surface area contributed by atoms with Crippen molar-refractivity contribution in [2.75, 3.05) is 13.1 Å². The first-order chi connectivity index (χ1) is 9.64. The van der Waals surface area contributed by atoms with Crippen molar-refractivity contribution in [2.45, 2.75) is 58.5 Å². The lowest BCUT2D eigenvalue weighted by molar-refractivity contribution is 0.262. The summed E-state index contributed by atoms with van der Waals surface area (Å²) in [4.78, 5) is 0.501. The summed E-state index contributed by atoms with van der Waals surface area (Å²) in [6.45, 7) is 12.9. The molecule has 5 heteroatoms. The summed E-state index contributed by atoms with van der Waals surface area (Å²) in [5.74, 6) is 0. The number of piperazine rings is 1. The van der Waals surface area contributed by atoms with Crippen LogP contribution in [0.1, 0.15) is 36.1 Å². The highest BCUT2D eigenvalue weighted by Gasteiger charge is 2.33. The van der Waals surface area contributed by atoms with Crippen LogP contribution in [0.15, 0.2) is 11.0 Å². The highest BCUT2D eigenvalue weighted by atomic mass is 32.2. The summed E-state index contributed by atoms with van der Waals surface area (Å²) in [5.41, 5.74) is 3.81. The Hall–Kier alpha value is -0.910. The average molecular weight is 310 g/mol. The first-order valence-corrected chi connectivity index (χ1v) is 8.92. The summed E-state index contributed by atoms with van der Waals surface area (Å²) >= 11 is 0. The molecule has 0 saturated carbocycles. The van der Waals surface area contributed by atoms with Gasteiger partial charge in [-0.25, -0.2) is 8.42 Å². The Balaban J connectivity index is 2.55. The van der Waals surface area contributed by atoms with Crippen molar-refractivity contribution in [3.63, 3.8) is 0 Å². The molecule has 0 spiro atoms. The SMILES string of the molecule is Cc1cc(C)c(C)c(S(=O)(=O)N2CC(C)NC(C)C2)c1C. The maximum Gasteiger partial charge on any atom is 0.243 e. The first-order valence-electron chi connectivity index (χ1n) is 7.48. The summed E-state index contributed by atoms with van der Waals surface area (Å²) in [6, 6.07) is 2.41. The molecule has 1 saturated heterocycles. The first kappa shape index (κ1) is 16.5. The highest BCUT2D eigenvalue weighted by Crippen LogP contribution is 2.29. The fourth-order valence-electron chi connectivity index (χ4n) is 3.17. The van der Waals surface area contributed by atoms with Crippen molar-refractivity contribution in [3.05, 3.63) is 28.3 Å². The van der Waals surface area contributed by atoms with Crippen molar-refractivity contribution >= 4 is 10.0 Å². The molecule has 1 fully saturated rings. The molecule has 2 rings (SSSR count). The van der Waals surface area contributed by atoms with Crippen LogP contribution in [0.2, 0.25) is 0 Å². The lowest BCUT2D eigenvalue weighted by atomic mass is 10.0. The van der Waals surface area contributed by atoms with E-state index in [1.807, 2.05) is 41.5 Å². The Morgan fingerprint density at radius 1 is 1.00 bits per heavy atom. The molecule has 2 atom stereocenters. The molecule has 0 amide bonds. The van der Waals surface area contributed by atoms with Gasteiger partial charge in [-0.2, -0.15) is 4.31 Å². The Morgan fingerprint density at radius 2 is 1.43 bits per heavy atom. The smallest absolute Gasteiger partial charge is 0.243 e. The van der Waals surface area contributed by atoms with Crippen LogP contribution in [-0.4, -0.2) is 37.9 Å². The van der Waals surface area contributed by atoms with Crippen LogP contribution in [0.25, 0.3) is 0 Å². The van der Waals surface area contributed by atoms with Gasteiger partial charge in [0.25, 0.3) is 0 Å². The molecule has 21 heavy (non-hydrogen) atoms. The van der Waals surface area contributed by atoms with Gasteiger partial charge in [0.05, 0.1) is 4.90 Å². The van der Waals surface area contributed by atoms with Crippen LogP contribution < -0.4 is 5.32 Å². The zero-order valence-corrected chi connectivity index (χ0v) is 14.6. The van der Waals surface area contributed by atoms with E-state index in [1.165, 1.54) is 0 Å². The number of nitrogens with one attached hydrogen (secondary N) is 1. The number of sulfonamides is 1. The van der Waals surface area contributed by atoms with E-state index in [9.17, 15) is 8.42 Å². The third kappa shape index (κ3) is 3.00. The number of aryl methyl sites for hydroxylation is 2. The molecule has 1 N–H and O–H groups in total. The van der Waals surface area contributed by atoms with Gasteiger partial charge >= 0.3 is 0 Å². The van der Waals surface area contributed by atoms with E-state index in [0.717, 1.165) is 22.3 Å². The third-order valence-electron chi connectivity index (χ3n) is 4.42. The summed E-state index contributed by atoms with van der Waals surface area (Å²) < 4.78 is 27.9. The van der Waals surface area contributed by atoms with Crippen LogP contribution >= 0.6 is 0 Å². The van der Waals surface area contributed by atoms with Gasteiger partial charge in [0.15, 0.2) is 0 Å². The monoisotopic (exact) mass is 310 g/mol. The number of nitrogens with zero attached hydrogens (tertiary/aromatic N) is 1. The maximum absolute atomic E-state index is 13.1. The van der Waals surface area contributed by atoms with Crippen LogP contribution in [0.3, 0.4) is 0 Å². The Morgan fingerprint density at radius 3 is 1.86 bits per heavy atom. The molecule has 118 valence electrons. The lowest BCUT2D eigenvalue weighted by Crippen LogP contribution is -2.55.